The normalized spacial score (nSPS) is 13.5. The van der Waals surface area contributed by atoms with Gasteiger partial charge in [0.15, 0.2) is 0 Å². The van der Waals surface area contributed by atoms with Crippen LogP contribution in [0.5, 0.6) is 0 Å². The molecule has 1 aromatic carbocycles. The lowest BCUT2D eigenvalue weighted by Gasteiger charge is -2.21. The van der Waals surface area contributed by atoms with Crippen LogP contribution >= 0.6 is 0 Å². The minimum atomic E-state index is 0.0803. The van der Waals surface area contributed by atoms with Crippen molar-refractivity contribution in [2.24, 2.45) is 0 Å². The third kappa shape index (κ3) is 3.85. The average Bonchev–Trinajstić information content (AvgIpc) is 3.30. The molecule has 106 valence electrons. The molecule has 1 amide bonds. The molecular formula is C17H21NO2. The van der Waals surface area contributed by atoms with Gasteiger partial charge in [0.1, 0.15) is 0 Å². The summed E-state index contributed by atoms with van der Waals surface area (Å²) < 4.78 is 0. The maximum absolute atomic E-state index is 12.4. The molecule has 0 saturated heterocycles. The van der Waals surface area contributed by atoms with Crippen molar-refractivity contribution in [2.75, 3.05) is 13.2 Å². The first-order valence-corrected chi connectivity index (χ1v) is 7.27. The third-order valence-electron chi connectivity index (χ3n) is 3.31. The van der Waals surface area contributed by atoms with Crippen LogP contribution < -0.4 is 0 Å². The van der Waals surface area contributed by atoms with E-state index in [-0.39, 0.29) is 12.5 Å². The summed E-state index contributed by atoms with van der Waals surface area (Å²) in [6.45, 7) is 3.01. The van der Waals surface area contributed by atoms with E-state index in [0.717, 1.165) is 36.9 Å². The third-order valence-corrected chi connectivity index (χ3v) is 3.31. The average molecular weight is 271 g/mol. The second-order valence-corrected chi connectivity index (χ2v) is 5.08. The number of carbonyl (C=O) groups is 1. The van der Waals surface area contributed by atoms with Crippen LogP contribution in [-0.4, -0.2) is 35.1 Å². The van der Waals surface area contributed by atoms with Crippen LogP contribution in [-0.2, 0) is 0 Å². The van der Waals surface area contributed by atoms with Crippen LogP contribution in [0, 0.1) is 11.8 Å². The molecule has 0 bridgehead atoms. The zero-order chi connectivity index (χ0) is 14.4. The maximum atomic E-state index is 12.4. The van der Waals surface area contributed by atoms with Crippen LogP contribution in [0.4, 0.5) is 0 Å². The molecule has 2 rings (SSSR count). The molecule has 0 aliphatic heterocycles. The van der Waals surface area contributed by atoms with E-state index in [9.17, 15) is 4.79 Å². The molecule has 3 nitrogen and oxygen atoms in total. The van der Waals surface area contributed by atoms with Gasteiger partial charge in [-0.2, -0.15) is 0 Å². The van der Waals surface area contributed by atoms with Crippen molar-refractivity contribution >= 4 is 5.91 Å². The molecule has 20 heavy (non-hydrogen) atoms. The number of hydrogen-bond donors (Lipinski definition) is 1. The van der Waals surface area contributed by atoms with Crippen molar-refractivity contribution in [3.05, 3.63) is 35.4 Å². The molecule has 1 aliphatic carbocycles. The summed E-state index contributed by atoms with van der Waals surface area (Å²) in [6.07, 6.45) is 3.74. The Balaban J connectivity index is 2.05. The number of aliphatic hydroxyl groups excluding tert-OH is 1. The minimum absolute atomic E-state index is 0.0803. The monoisotopic (exact) mass is 271 g/mol. The van der Waals surface area contributed by atoms with Gasteiger partial charge in [0.25, 0.3) is 5.91 Å². The summed E-state index contributed by atoms with van der Waals surface area (Å²) >= 11 is 0. The first kappa shape index (κ1) is 14.6. The van der Waals surface area contributed by atoms with Crippen molar-refractivity contribution in [2.45, 2.75) is 38.6 Å². The number of rotatable bonds is 5. The lowest BCUT2D eigenvalue weighted by molar-refractivity contribution is 0.0743. The smallest absolute Gasteiger partial charge is 0.254 e. The quantitative estimate of drug-likeness (QED) is 0.836. The first-order valence-electron chi connectivity index (χ1n) is 7.27. The number of nitrogens with zero attached hydrogens (tertiary/aromatic N) is 1. The second kappa shape index (κ2) is 7.12. The minimum Gasteiger partial charge on any atom is -0.395 e. The van der Waals surface area contributed by atoms with Crippen molar-refractivity contribution in [3.63, 3.8) is 0 Å². The molecule has 0 atom stereocenters. The van der Waals surface area contributed by atoms with Crippen molar-refractivity contribution in [1.82, 2.24) is 4.90 Å². The van der Waals surface area contributed by atoms with E-state index < -0.39 is 0 Å². The summed E-state index contributed by atoms with van der Waals surface area (Å²) in [4.78, 5) is 14.4. The molecule has 1 fully saturated rings. The van der Waals surface area contributed by atoms with E-state index in [1.807, 2.05) is 29.2 Å². The van der Waals surface area contributed by atoms with Gasteiger partial charge < -0.3 is 10.0 Å². The van der Waals surface area contributed by atoms with Gasteiger partial charge in [-0.05, 0) is 43.5 Å². The van der Waals surface area contributed by atoms with Gasteiger partial charge in [-0.3, -0.25) is 4.79 Å². The standard InChI is InChI=1S/C17H21NO2/c1-2-12-18(16-10-11-16)17(20)15-8-6-14(7-9-15)5-3-4-13-19/h6-9,16,19H,2,4,10-13H2,1H3. The van der Waals surface area contributed by atoms with E-state index in [2.05, 4.69) is 18.8 Å². The molecule has 3 heteroatoms. The molecule has 0 unspecified atom stereocenters. The van der Waals surface area contributed by atoms with Crippen LogP contribution in [0.1, 0.15) is 48.5 Å². The summed E-state index contributed by atoms with van der Waals surface area (Å²) in [5.74, 6) is 5.97. The molecule has 1 aromatic rings. The zero-order valence-corrected chi connectivity index (χ0v) is 11.9. The zero-order valence-electron chi connectivity index (χ0n) is 11.9. The lowest BCUT2D eigenvalue weighted by Crippen LogP contribution is -2.33. The summed E-state index contributed by atoms with van der Waals surface area (Å²) in [5, 5.41) is 8.68. The topological polar surface area (TPSA) is 40.5 Å². The van der Waals surface area contributed by atoms with Crippen molar-refractivity contribution < 1.29 is 9.90 Å². The number of hydrogen-bond acceptors (Lipinski definition) is 2. The Labute approximate surface area is 120 Å². The van der Waals surface area contributed by atoms with E-state index >= 15 is 0 Å². The highest BCUT2D eigenvalue weighted by atomic mass is 16.2. The Morgan fingerprint density at radius 2 is 2.05 bits per heavy atom. The predicted octanol–water partition coefficient (Wildman–Crippen LogP) is 2.44. The summed E-state index contributed by atoms with van der Waals surface area (Å²) in [6, 6.07) is 7.88. The van der Waals surface area contributed by atoms with E-state index in [0.29, 0.717) is 12.5 Å². The Hall–Kier alpha value is -1.79. The van der Waals surface area contributed by atoms with E-state index in [1.54, 1.807) is 0 Å². The molecule has 1 saturated carbocycles. The van der Waals surface area contributed by atoms with Crippen LogP contribution in [0.25, 0.3) is 0 Å². The fraction of sp³-hybridized carbons (Fsp3) is 0.471. The molecule has 0 aromatic heterocycles. The maximum Gasteiger partial charge on any atom is 0.254 e. The van der Waals surface area contributed by atoms with Crippen LogP contribution in [0.15, 0.2) is 24.3 Å². The van der Waals surface area contributed by atoms with Gasteiger partial charge >= 0.3 is 0 Å². The van der Waals surface area contributed by atoms with E-state index in [1.165, 1.54) is 0 Å². The number of amides is 1. The Bertz CT molecular complexity index is 506. The fourth-order valence-electron chi connectivity index (χ4n) is 2.16. The SMILES string of the molecule is CCCN(C(=O)c1ccc(C#CCCO)cc1)C1CC1. The van der Waals surface area contributed by atoms with Crippen LogP contribution in [0.3, 0.4) is 0 Å². The van der Waals surface area contributed by atoms with Gasteiger partial charge in [-0.15, -0.1) is 0 Å². The Morgan fingerprint density at radius 1 is 1.35 bits per heavy atom. The molecule has 0 radical (unpaired) electrons. The fourth-order valence-corrected chi connectivity index (χ4v) is 2.16. The molecule has 0 heterocycles. The highest BCUT2D eigenvalue weighted by molar-refractivity contribution is 5.94. The summed E-state index contributed by atoms with van der Waals surface area (Å²) in [5.41, 5.74) is 1.61. The van der Waals surface area contributed by atoms with Crippen molar-refractivity contribution in [3.8, 4) is 11.8 Å². The van der Waals surface area contributed by atoms with Gasteiger partial charge in [-0.1, -0.05) is 18.8 Å². The Kier molecular flexibility index (Phi) is 5.20. The lowest BCUT2D eigenvalue weighted by atomic mass is 10.1. The van der Waals surface area contributed by atoms with Gasteiger partial charge in [0, 0.05) is 30.1 Å². The number of benzene rings is 1. The van der Waals surface area contributed by atoms with Gasteiger partial charge in [0.2, 0.25) is 0 Å². The predicted molar refractivity (Wildman–Crippen MR) is 79.4 cm³/mol. The van der Waals surface area contributed by atoms with E-state index in [4.69, 9.17) is 5.11 Å². The van der Waals surface area contributed by atoms with Gasteiger partial charge in [0.05, 0.1) is 6.61 Å². The Morgan fingerprint density at radius 3 is 2.60 bits per heavy atom. The first-order chi connectivity index (χ1) is 9.76. The number of carbonyl (C=O) groups excluding carboxylic acids is 1. The molecule has 1 aliphatic rings. The van der Waals surface area contributed by atoms with Gasteiger partial charge in [-0.25, -0.2) is 0 Å². The molecular weight excluding hydrogens is 250 g/mol. The molecule has 1 N–H and O–H groups in total. The number of aliphatic hydroxyl groups is 1. The largest absolute Gasteiger partial charge is 0.395 e. The van der Waals surface area contributed by atoms with Crippen molar-refractivity contribution in [1.29, 1.82) is 0 Å². The second-order valence-electron chi connectivity index (χ2n) is 5.08. The highest BCUT2D eigenvalue weighted by Crippen LogP contribution is 2.28. The summed E-state index contributed by atoms with van der Waals surface area (Å²) in [7, 11) is 0. The highest BCUT2D eigenvalue weighted by Gasteiger charge is 2.32. The van der Waals surface area contributed by atoms with Crippen LogP contribution in [0.2, 0.25) is 0 Å². The molecule has 0 spiro atoms.